The zero-order chi connectivity index (χ0) is 19.8. The van der Waals surface area contributed by atoms with Gasteiger partial charge in [0, 0.05) is 22.2 Å². The first kappa shape index (κ1) is 20.1. The van der Waals surface area contributed by atoms with Crippen molar-refractivity contribution in [2.45, 2.75) is 0 Å². The number of nitrogens with zero attached hydrogens (tertiary/aromatic N) is 1. The Kier molecular flexibility index (Phi) is 7.01. The number of amides is 1. The van der Waals surface area contributed by atoms with Crippen LogP contribution in [-0.2, 0) is 9.53 Å². The van der Waals surface area contributed by atoms with Crippen molar-refractivity contribution in [2.24, 2.45) is 0 Å². The number of carbonyl (C=O) groups is 2. The average molecular weight is 431 g/mol. The standard InChI is InChI=1S/C19H15BrN2O5/c1-2-10-27-19(24)17(12-13-4-3-5-16(11-13)22(25)26)21-18(23)14-6-8-15(20)9-7-14/h2-9,11-12H,1,10H2,(H,21,23)/b17-12+. The Labute approximate surface area is 163 Å². The number of nitro benzene ring substituents is 1. The number of halogens is 1. The molecule has 7 nitrogen and oxygen atoms in total. The van der Waals surface area contributed by atoms with Gasteiger partial charge in [0.05, 0.1) is 4.92 Å². The molecule has 1 amide bonds. The molecule has 0 radical (unpaired) electrons. The lowest BCUT2D eigenvalue weighted by Gasteiger charge is -2.10. The second kappa shape index (κ2) is 9.44. The van der Waals surface area contributed by atoms with Crippen LogP contribution in [0.5, 0.6) is 0 Å². The first-order valence-electron chi connectivity index (χ1n) is 7.72. The zero-order valence-electron chi connectivity index (χ0n) is 14.1. The molecule has 138 valence electrons. The van der Waals surface area contributed by atoms with Crippen LogP contribution in [0.2, 0.25) is 0 Å². The van der Waals surface area contributed by atoms with E-state index in [-0.39, 0.29) is 18.0 Å². The fraction of sp³-hybridized carbons (Fsp3) is 0.0526. The van der Waals surface area contributed by atoms with Gasteiger partial charge in [-0.2, -0.15) is 0 Å². The van der Waals surface area contributed by atoms with Crippen LogP contribution in [-0.4, -0.2) is 23.4 Å². The third-order valence-electron chi connectivity index (χ3n) is 3.30. The van der Waals surface area contributed by atoms with E-state index < -0.39 is 16.8 Å². The molecule has 2 aromatic carbocycles. The van der Waals surface area contributed by atoms with Gasteiger partial charge in [-0.25, -0.2) is 4.79 Å². The number of benzene rings is 2. The highest BCUT2D eigenvalue weighted by Crippen LogP contribution is 2.16. The van der Waals surface area contributed by atoms with Gasteiger partial charge in [-0.3, -0.25) is 14.9 Å². The van der Waals surface area contributed by atoms with E-state index in [0.717, 1.165) is 4.47 Å². The molecular weight excluding hydrogens is 416 g/mol. The minimum atomic E-state index is -0.785. The first-order valence-corrected chi connectivity index (χ1v) is 8.51. The van der Waals surface area contributed by atoms with Crippen molar-refractivity contribution in [1.29, 1.82) is 0 Å². The Morgan fingerprint density at radius 2 is 1.93 bits per heavy atom. The minimum absolute atomic E-state index is 0.0424. The predicted molar refractivity (Wildman–Crippen MR) is 104 cm³/mol. The Morgan fingerprint density at radius 1 is 1.22 bits per heavy atom. The molecule has 0 saturated heterocycles. The van der Waals surface area contributed by atoms with E-state index in [1.165, 1.54) is 30.4 Å². The number of carbonyl (C=O) groups excluding carboxylic acids is 2. The van der Waals surface area contributed by atoms with E-state index >= 15 is 0 Å². The molecule has 0 heterocycles. The highest BCUT2D eigenvalue weighted by molar-refractivity contribution is 9.10. The lowest BCUT2D eigenvalue weighted by molar-refractivity contribution is -0.384. The van der Waals surface area contributed by atoms with Gasteiger partial charge in [0.1, 0.15) is 12.3 Å². The highest BCUT2D eigenvalue weighted by atomic mass is 79.9. The molecule has 2 rings (SSSR count). The van der Waals surface area contributed by atoms with Crippen LogP contribution in [0.4, 0.5) is 5.69 Å². The van der Waals surface area contributed by atoms with Crippen LogP contribution in [0.25, 0.3) is 6.08 Å². The molecule has 0 spiro atoms. The van der Waals surface area contributed by atoms with Crippen molar-refractivity contribution in [2.75, 3.05) is 6.61 Å². The highest BCUT2D eigenvalue weighted by Gasteiger charge is 2.16. The SMILES string of the molecule is C=CCOC(=O)/C(=C\c1cccc([N+](=O)[O-])c1)NC(=O)c1ccc(Br)cc1. The summed E-state index contributed by atoms with van der Waals surface area (Å²) < 4.78 is 5.78. The minimum Gasteiger partial charge on any atom is -0.457 e. The molecule has 8 heteroatoms. The van der Waals surface area contributed by atoms with Gasteiger partial charge in [-0.15, -0.1) is 0 Å². The molecule has 0 aliphatic rings. The summed E-state index contributed by atoms with van der Waals surface area (Å²) in [5.41, 5.74) is 0.414. The molecular formula is C19H15BrN2O5. The summed E-state index contributed by atoms with van der Waals surface area (Å²) in [6, 6.07) is 12.2. The maximum atomic E-state index is 12.4. The van der Waals surface area contributed by atoms with Crippen molar-refractivity contribution < 1.29 is 19.2 Å². The van der Waals surface area contributed by atoms with Crippen LogP contribution in [0.3, 0.4) is 0 Å². The van der Waals surface area contributed by atoms with Gasteiger partial charge < -0.3 is 10.1 Å². The van der Waals surface area contributed by atoms with Gasteiger partial charge in [0.25, 0.3) is 11.6 Å². The second-order valence-corrected chi connectivity index (χ2v) is 6.17. The van der Waals surface area contributed by atoms with E-state index in [4.69, 9.17) is 4.74 Å². The average Bonchev–Trinajstić information content (AvgIpc) is 2.66. The molecule has 0 unspecified atom stereocenters. The van der Waals surface area contributed by atoms with Crippen LogP contribution in [0.15, 0.2) is 71.4 Å². The van der Waals surface area contributed by atoms with Gasteiger partial charge in [0.2, 0.25) is 0 Å². The number of ether oxygens (including phenoxy) is 1. The summed E-state index contributed by atoms with van der Waals surface area (Å²) in [5, 5.41) is 13.4. The number of esters is 1. The summed E-state index contributed by atoms with van der Waals surface area (Å²) in [7, 11) is 0. The summed E-state index contributed by atoms with van der Waals surface area (Å²) >= 11 is 3.28. The van der Waals surface area contributed by atoms with E-state index in [9.17, 15) is 19.7 Å². The molecule has 0 aliphatic carbocycles. The van der Waals surface area contributed by atoms with E-state index in [2.05, 4.69) is 27.8 Å². The Balaban J connectivity index is 2.32. The van der Waals surface area contributed by atoms with E-state index in [0.29, 0.717) is 11.1 Å². The molecule has 1 N–H and O–H groups in total. The van der Waals surface area contributed by atoms with Crippen molar-refractivity contribution in [1.82, 2.24) is 5.32 Å². The van der Waals surface area contributed by atoms with Crippen LogP contribution in [0.1, 0.15) is 15.9 Å². The predicted octanol–water partition coefficient (Wildman–Crippen LogP) is 3.86. The van der Waals surface area contributed by atoms with Crippen molar-refractivity contribution >= 4 is 39.6 Å². The van der Waals surface area contributed by atoms with Gasteiger partial charge in [-0.1, -0.05) is 40.7 Å². The van der Waals surface area contributed by atoms with Crippen LogP contribution < -0.4 is 5.32 Å². The van der Waals surface area contributed by atoms with Gasteiger partial charge >= 0.3 is 5.97 Å². The molecule has 0 atom stereocenters. The number of rotatable bonds is 7. The second-order valence-electron chi connectivity index (χ2n) is 5.26. The summed E-state index contributed by atoms with van der Waals surface area (Å²) in [6.45, 7) is 3.42. The lowest BCUT2D eigenvalue weighted by Crippen LogP contribution is -2.28. The lowest BCUT2D eigenvalue weighted by atomic mass is 10.1. The first-order chi connectivity index (χ1) is 12.9. The smallest absolute Gasteiger partial charge is 0.355 e. The zero-order valence-corrected chi connectivity index (χ0v) is 15.6. The topological polar surface area (TPSA) is 98.5 Å². The number of hydrogen-bond acceptors (Lipinski definition) is 5. The third-order valence-corrected chi connectivity index (χ3v) is 3.83. The number of hydrogen-bond donors (Lipinski definition) is 1. The number of non-ortho nitro benzene ring substituents is 1. The van der Waals surface area contributed by atoms with E-state index in [1.54, 1.807) is 30.3 Å². The summed E-state index contributed by atoms with van der Waals surface area (Å²) in [4.78, 5) is 35.0. The summed E-state index contributed by atoms with van der Waals surface area (Å²) in [5.74, 6) is -1.30. The quantitative estimate of drug-likeness (QED) is 0.236. The Hall–Kier alpha value is -3.26. The third kappa shape index (κ3) is 5.89. The molecule has 0 saturated carbocycles. The van der Waals surface area contributed by atoms with Crippen molar-refractivity contribution in [3.8, 4) is 0 Å². The van der Waals surface area contributed by atoms with Crippen LogP contribution in [0, 0.1) is 10.1 Å². The van der Waals surface area contributed by atoms with Gasteiger partial charge in [-0.05, 0) is 35.9 Å². The normalized spacial score (nSPS) is 10.8. The molecule has 0 aliphatic heterocycles. The largest absolute Gasteiger partial charge is 0.457 e. The fourth-order valence-electron chi connectivity index (χ4n) is 2.05. The monoisotopic (exact) mass is 430 g/mol. The number of nitro groups is 1. The number of nitrogens with one attached hydrogen (secondary N) is 1. The Bertz CT molecular complexity index is 907. The fourth-order valence-corrected chi connectivity index (χ4v) is 2.31. The van der Waals surface area contributed by atoms with E-state index in [1.807, 2.05) is 0 Å². The molecule has 0 fully saturated rings. The maximum absolute atomic E-state index is 12.4. The van der Waals surface area contributed by atoms with Gasteiger partial charge in [0.15, 0.2) is 0 Å². The van der Waals surface area contributed by atoms with Crippen molar-refractivity contribution in [3.05, 3.63) is 92.6 Å². The summed E-state index contributed by atoms with van der Waals surface area (Å²) in [6.07, 6.45) is 2.70. The molecule has 0 aromatic heterocycles. The van der Waals surface area contributed by atoms with Crippen molar-refractivity contribution in [3.63, 3.8) is 0 Å². The van der Waals surface area contributed by atoms with Crippen LogP contribution >= 0.6 is 15.9 Å². The molecule has 27 heavy (non-hydrogen) atoms. The molecule has 0 bridgehead atoms. The molecule has 2 aromatic rings. The Morgan fingerprint density at radius 3 is 2.56 bits per heavy atom. The maximum Gasteiger partial charge on any atom is 0.355 e.